The number of ether oxygens (including phenoxy) is 1. The van der Waals surface area contributed by atoms with E-state index in [1.807, 2.05) is 30.3 Å². The number of esters is 1. The minimum absolute atomic E-state index is 0.211. The molecule has 0 spiro atoms. The van der Waals surface area contributed by atoms with Crippen LogP contribution in [0.3, 0.4) is 0 Å². The monoisotopic (exact) mass is 447 g/mol. The summed E-state index contributed by atoms with van der Waals surface area (Å²) in [7, 11) is 0. The Balaban J connectivity index is 1.50. The second-order valence-corrected chi connectivity index (χ2v) is 7.99. The summed E-state index contributed by atoms with van der Waals surface area (Å²) < 4.78 is 5.62. The number of hydrogen-bond donors (Lipinski definition) is 2. The molecule has 0 saturated carbocycles. The molecular formula is C23H17N3O5S. The van der Waals surface area contributed by atoms with E-state index in [2.05, 4.69) is 15.5 Å². The van der Waals surface area contributed by atoms with Crippen LogP contribution in [0, 0.1) is 0 Å². The number of hydrogen-bond acceptors (Lipinski definition) is 7. The Hall–Kier alpha value is -3.98. The van der Waals surface area contributed by atoms with Crippen molar-refractivity contribution in [3.8, 4) is 5.75 Å². The molecule has 160 valence electrons. The van der Waals surface area contributed by atoms with Crippen LogP contribution in [0.5, 0.6) is 5.75 Å². The summed E-state index contributed by atoms with van der Waals surface area (Å²) in [6, 6.07) is 19.8. The third kappa shape index (κ3) is 4.84. The molecule has 1 saturated heterocycles. The SMILES string of the molecule is O=C(O)C[C@@H]1S/C(=N\N=C/c2ccccc2OC(=O)c2cccc3ccccc23)NC1=O. The van der Waals surface area contributed by atoms with Crippen molar-refractivity contribution in [1.29, 1.82) is 0 Å². The van der Waals surface area contributed by atoms with Gasteiger partial charge in [0.25, 0.3) is 0 Å². The molecule has 0 aliphatic carbocycles. The standard InChI is InChI=1S/C23H17N3O5S/c27-20(28)12-19-21(29)25-23(32-19)26-24-13-15-7-2-4-11-18(15)31-22(30)17-10-5-8-14-6-1-3-9-16(14)17/h1-11,13,19H,12H2,(H,27,28)(H,25,26,29)/b24-13-/t19-/m0/s1. The van der Waals surface area contributed by atoms with E-state index in [9.17, 15) is 14.4 Å². The van der Waals surface area contributed by atoms with Gasteiger partial charge in [-0.25, -0.2) is 4.79 Å². The van der Waals surface area contributed by atoms with E-state index >= 15 is 0 Å². The first-order valence-corrected chi connectivity index (χ1v) is 10.5. The predicted octanol–water partition coefficient (Wildman–Crippen LogP) is 3.46. The second-order valence-electron chi connectivity index (χ2n) is 6.80. The van der Waals surface area contributed by atoms with Gasteiger partial charge in [-0.2, -0.15) is 5.10 Å². The molecule has 32 heavy (non-hydrogen) atoms. The van der Waals surface area contributed by atoms with Crippen LogP contribution >= 0.6 is 11.8 Å². The number of carboxylic acids is 1. The third-order valence-electron chi connectivity index (χ3n) is 4.61. The molecule has 1 amide bonds. The zero-order valence-corrected chi connectivity index (χ0v) is 17.4. The van der Waals surface area contributed by atoms with Crippen LogP contribution in [-0.2, 0) is 9.59 Å². The number of nitrogens with zero attached hydrogens (tertiary/aromatic N) is 2. The van der Waals surface area contributed by atoms with Crippen LogP contribution in [0.1, 0.15) is 22.3 Å². The highest BCUT2D eigenvalue weighted by Gasteiger charge is 2.32. The highest BCUT2D eigenvalue weighted by atomic mass is 32.2. The number of benzene rings is 3. The molecule has 1 fully saturated rings. The maximum Gasteiger partial charge on any atom is 0.344 e. The average molecular weight is 447 g/mol. The van der Waals surface area contributed by atoms with Crippen LogP contribution in [-0.4, -0.2) is 39.6 Å². The smallest absolute Gasteiger partial charge is 0.344 e. The molecule has 2 N–H and O–H groups in total. The lowest BCUT2D eigenvalue weighted by atomic mass is 10.0. The summed E-state index contributed by atoms with van der Waals surface area (Å²) in [6.45, 7) is 0. The Morgan fingerprint density at radius 1 is 1.06 bits per heavy atom. The number of rotatable bonds is 6. The topological polar surface area (TPSA) is 117 Å². The summed E-state index contributed by atoms with van der Waals surface area (Å²) >= 11 is 1.00. The number of fused-ring (bicyclic) bond motifs is 1. The molecule has 9 heteroatoms. The number of amides is 1. The quantitative estimate of drug-likeness (QED) is 0.259. The summed E-state index contributed by atoms with van der Waals surface area (Å²) in [4.78, 5) is 35.4. The van der Waals surface area contributed by atoms with Gasteiger partial charge in [0.2, 0.25) is 5.91 Å². The van der Waals surface area contributed by atoms with Gasteiger partial charge in [-0.1, -0.05) is 60.3 Å². The zero-order chi connectivity index (χ0) is 22.5. The van der Waals surface area contributed by atoms with Gasteiger partial charge in [0.15, 0.2) is 5.17 Å². The molecule has 1 aliphatic rings. The maximum atomic E-state index is 12.8. The van der Waals surface area contributed by atoms with Crippen LogP contribution < -0.4 is 10.1 Å². The Morgan fingerprint density at radius 3 is 2.66 bits per heavy atom. The molecule has 3 aromatic rings. The molecule has 3 aromatic carbocycles. The maximum absolute atomic E-state index is 12.8. The van der Waals surface area contributed by atoms with E-state index in [0.717, 1.165) is 22.5 Å². The summed E-state index contributed by atoms with van der Waals surface area (Å²) in [5, 5.41) is 20.4. The number of nitrogens with one attached hydrogen (secondary N) is 1. The van der Waals surface area contributed by atoms with Crippen molar-refractivity contribution in [2.45, 2.75) is 11.7 Å². The summed E-state index contributed by atoms with van der Waals surface area (Å²) in [5.74, 6) is -1.68. The predicted molar refractivity (Wildman–Crippen MR) is 122 cm³/mol. The number of carbonyl (C=O) groups is 3. The fraction of sp³-hybridized carbons (Fsp3) is 0.0870. The van der Waals surface area contributed by atoms with Crippen LogP contribution in [0.2, 0.25) is 0 Å². The third-order valence-corrected chi connectivity index (χ3v) is 5.69. The van der Waals surface area contributed by atoms with E-state index in [1.165, 1.54) is 6.21 Å². The molecular weight excluding hydrogens is 430 g/mol. The Kier molecular flexibility index (Phi) is 6.27. The van der Waals surface area contributed by atoms with Crippen molar-refractivity contribution >= 4 is 51.8 Å². The highest BCUT2D eigenvalue weighted by molar-refractivity contribution is 8.15. The average Bonchev–Trinajstić information content (AvgIpc) is 3.12. The normalized spacial score (nSPS) is 17.1. The molecule has 8 nitrogen and oxygen atoms in total. The molecule has 1 aliphatic heterocycles. The first-order chi connectivity index (χ1) is 15.5. The molecule has 1 atom stereocenters. The van der Waals surface area contributed by atoms with Crippen molar-refractivity contribution in [1.82, 2.24) is 5.32 Å². The van der Waals surface area contributed by atoms with Gasteiger partial charge >= 0.3 is 11.9 Å². The number of thioether (sulfide) groups is 1. The van der Waals surface area contributed by atoms with Crippen molar-refractivity contribution in [3.05, 3.63) is 77.9 Å². The molecule has 0 radical (unpaired) electrons. The first-order valence-electron chi connectivity index (χ1n) is 9.60. The lowest BCUT2D eigenvalue weighted by molar-refractivity contribution is -0.138. The fourth-order valence-electron chi connectivity index (χ4n) is 3.13. The van der Waals surface area contributed by atoms with E-state index in [-0.39, 0.29) is 11.6 Å². The van der Waals surface area contributed by atoms with Gasteiger partial charge < -0.3 is 15.2 Å². The van der Waals surface area contributed by atoms with Gasteiger partial charge in [0, 0.05) is 5.56 Å². The van der Waals surface area contributed by atoms with Crippen molar-refractivity contribution < 1.29 is 24.2 Å². The first kappa shape index (κ1) is 21.3. The number of carboxylic acid groups (broad SMARTS) is 1. The zero-order valence-electron chi connectivity index (χ0n) is 16.6. The number of carbonyl (C=O) groups excluding carboxylic acids is 2. The number of para-hydroxylation sites is 1. The second kappa shape index (κ2) is 9.44. The van der Waals surface area contributed by atoms with E-state index in [0.29, 0.717) is 16.9 Å². The Bertz CT molecular complexity index is 1270. The van der Waals surface area contributed by atoms with Crippen LogP contribution in [0.15, 0.2) is 76.9 Å². The minimum atomic E-state index is -1.07. The molecule has 4 rings (SSSR count). The van der Waals surface area contributed by atoms with Gasteiger partial charge in [-0.3, -0.25) is 9.59 Å². The molecule has 0 bridgehead atoms. The lowest BCUT2D eigenvalue weighted by Gasteiger charge is -2.09. The number of amidine groups is 1. The van der Waals surface area contributed by atoms with Gasteiger partial charge in [0.1, 0.15) is 11.0 Å². The molecule has 0 unspecified atom stereocenters. The highest BCUT2D eigenvalue weighted by Crippen LogP contribution is 2.24. The van der Waals surface area contributed by atoms with Gasteiger partial charge in [0.05, 0.1) is 18.2 Å². The van der Waals surface area contributed by atoms with E-state index < -0.39 is 23.1 Å². The van der Waals surface area contributed by atoms with E-state index in [1.54, 1.807) is 36.4 Å². The lowest BCUT2D eigenvalue weighted by Crippen LogP contribution is -2.26. The largest absolute Gasteiger partial charge is 0.481 e. The van der Waals surface area contributed by atoms with Crippen LogP contribution in [0.4, 0.5) is 0 Å². The molecule has 0 aromatic heterocycles. The fourth-order valence-corrected chi connectivity index (χ4v) is 4.04. The van der Waals surface area contributed by atoms with E-state index in [4.69, 9.17) is 9.84 Å². The summed E-state index contributed by atoms with van der Waals surface area (Å²) in [6.07, 6.45) is 1.10. The number of aliphatic carboxylic acids is 1. The van der Waals surface area contributed by atoms with Crippen molar-refractivity contribution in [2.75, 3.05) is 0 Å². The van der Waals surface area contributed by atoms with Crippen molar-refractivity contribution in [2.24, 2.45) is 10.2 Å². The van der Waals surface area contributed by atoms with Crippen molar-refractivity contribution in [3.63, 3.8) is 0 Å². The van der Waals surface area contributed by atoms with Crippen LogP contribution in [0.25, 0.3) is 10.8 Å². The Labute approximate surface area is 187 Å². The van der Waals surface area contributed by atoms with Gasteiger partial charge in [-0.15, -0.1) is 5.10 Å². The molecule has 1 heterocycles. The minimum Gasteiger partial charge on any atom is -0.481 e. The Morgan fingerprint density at radius 2 is 1.81 bits per heavy atom. The summed E-state index contributed by atoms with van der Waals surface area (Å²) in [5.41, 5.74) is 0.964. The van der Waals surface area contributed by atoms with Gasteiger partial charge in [-0.05, 0) is 29.0 Å².